The molecule has 4 heterocycles. The Morgan fingerprint density at radius 3 is 2.93 bits per heavy atom. The maximum atomic E-state index is 12.5. The number of aromatic nitrogens is 2. The molecule has 28 heavy (non-hydrogen) atoms. The molecule has 0 bridgehead atoms. The lowest BCUT2D eigenvalue weighted by atomic mass is 9.76. The summed E-state index contributed by atoms with van der Waals surface area (Å²) in [6.07, 6.45) is 2.19. The van der Waals surface area contributed by atoms with E-state index >= 15 is 0 Å². The first-order chi connectivity index (χ1) is 13.5. The molecule has 144 valence electrons. The van der Waals surface area contributed by atoms with Gasteiger partial charge in [-0.1, -0.05) is 18.2 Å². The van der Waals surface area contributed by atoms with Crippen LogP contribution in [-0.2, 0) is 4.79 Å². The highest BCUT2D eigenvalue weighted by Gasteiger charge is 2.52. The number of nitrogens with one attached hydrogen (secondary N) is 2. The number of carbonyl (C=O) groups is 2. The number of rotatable bonds is 2. The van der Waals surface area contributed by atoms with Gasteiger partial charge in [-0.25, -0.2) is 4.98 Å². The van der Waals surface area contributed by atoms with Gasteiger partial charge in [0.25, 0.3) is 5.91 Å². The Labute approximate surface area is 160 Å². The molecule has 0 aliphatic carbocycles. The van der Waals surface area contributed by atoms with Crippen molar-refractivity contribution < 1.29 is 14.7 Å². The van der Waals surface area contributed by atoms with Gasteiger partial charge < -0.3 is 26.0 Å². The fourth-order valence-corrected chi connectivity index (χ4v) is 4.69. The number of fused-ring (bicyclic) bond motifs is 3. The average molecular weight is 379 g/mol. The minimum Gasteiger partial charge on any atom is -0.390 e. The Balaban J connectivity index is 1.70. The van der Waals surface area contributed by atoms with Crippen molar-refractivity contribution in [2.45, 2.75) is 18.9 Å². The number of amides is 2. The van der Waals surface area contributed by atoms with E-state index in [1.807, 2.05) is 29.2 Å². The number of aliphatic hydroxyl groups is 1. The minimum absolute atomic E-state index is 0.103. The predicted octanol–water partition coefficient (Wildman–Crippen LogP) is 0.892. The molecule has 2 aromatic heterocycles. The lowest BCUT2D eigenvalue weighted by molar-refractivity contribution is -0.131. The molecule has 5 rings (SSSR count). The maximum Gasteiger partial charge on any atom is 0.252 e. The molecule has 1 aromatic carbocycles. The molecule has 2 aliphatic heterocycles. The lowest BCUT2D eigenvalue weighted by Crippen LogP contribution is -2.52. The standard InChI is InChI=1S/C20H21N5O3/c21-17(27)12-8-22-18(15-11-4-1-2-5-13(11)24-16(12)15)25-7-3-6-20(10-25)14(26)9-23-19(20)28/h1-2,4-5,8,14,24,26H,3,6-7,9-10H2,(H2,21,27)(H,23,28)/t14-,20+/m0/s1. The van der Waals surface area contributed by atoms with Gasteiger partial charge in [0.2, 0.25) is 5.91 Å². The van der Waals surface area contributed by atoms with E-state index in [1.165, 1.54) is 6.20 Å². The fourth-order valence-electron chi connectivity index (χ4n) is 4.69. The first-order valence-corrected chi connectivity index (χ1v) is 9.42. The number of anilines is 1. The Kier molecular flexibility index (Phi) is 3.60. The number of primary amides is 1. The van der Waals surface area contributed by atoms with Crippen LogP contribution >= 0.6 is 0 Å². The van der Waals surface area contributed by atoms with Gasteiger partial charge in [-0.05, 0) is 18.9 Å². The molecular formula is C20H21N5O3. The Morgan fingerprint density at radius 1 is 1.36 bits per heavy atom. The van der Waals surface area contributed by atoms with Crippen LogP contribution in [0.15, 0.2) is 30.5 Å². The summed E-state index contributed by atoms with van der Waals surface area (Å²) in [6.45, 7) is 1.39. The van der Waals surface area contributed by atoms with Crippen molar-refractivity contribution in [3.63, 3.8) is 0 Å². The summed E-state index contributed by atoms with van der Waals surface area (Å²) in [4.78, 5) is 34.4. The number of nitrogens with zero attached hydrogens (tertiary/aromatic N) is 2. The third kappa shape index (κ3) is 2.24. The quantitative estimate of drug-likeness (QED) is 0.526. The van der Waals surface area contributed by atoms with Crippen LogP contribution in [0.5, 0.6) is 0 Å². The summed E-state index contributed by atoms with van der Waals surface area (Å²) >= 11 is 0. The van der Waals surface area contributed by atoms with Gasteiger partial charge in [-0.2, -0.15) is 0 Å². The largest absolute Gasteiger partial charge is 0.390 e. The molecule has 0 unspecified atom stereocenters. The van der Waals surface area contributed by atoms with Crippen LogP contribution in [0.4, 0.5) is 5.82 Å². The number of hydrogen-bond acceptors (Lipinski definition) is 5. The number of hydrogen-bond donors (Lipinski definition) is 4. The van der Waals surface area contributed by atoms with Gasteiger partial charge >= 0.3 is 0 Å². The SMILES string of the molecule is NC(=O)c1cnc(N2CCC[C@]3(C2)C(=O)NC[C@@H]3O)c2c1[nH]c1ccccc12. The number of nitrogens with two attached hydrogens (primary N) is 1. The summed E-state index contributed by atoms with van der Waals surface area (Å²) in [6, 6.07) is 7.77. The molecule has 8 nitrogen and oxygen atoms in total. The van der Waals surface area contributed by atoms with Crippen molar-refractivity contribution in [3.05, 3.63) is 36.0 Å². The lowest BCUT2D eigenvalue weighted by Gasteiger charge is -2.41. The van der Waals surface area contributed by atoms with Crippen LogP contribution in [0, 0.1) is 5.41 Å². The van der Waals surface area contributed by atoms with Crippen molar-refractivity contribution in [1.29, 1.82) is 0 Å². The summed E-state index contributed by atoms with van der Waals surface area (Å²) < 4.78 is 0. The predicted molar refractivity (Wildman–Crippen MR) is 105 cm³/mol. The second-order valence-electron chi connectivity index (χ2n) is 7.69. The monoisotopic (exact) mass is 379 g/mol. The smallest absolute Gasteiger partial charge is 0.252 e. The molecule has 2 atom stereocenters. The molecule has 2 fully saturated rings. The second-order valence-corrected chi connectivity index (χ2v) is 7.69. The number of aromatic amines is 1. The summed E-state index contributed by atoms with van der Waals surface area (Å²) in [7, 11) is 0. The van der Waals surface area contributed by atoms with Crippen molar-refractivity contribution in [2.75, 3.05) is 24.5 Å². The molecule has 3 aromatic rings. The average Bonchev–Trinajstić information content (AvgIpc) is 3.21. The topological polar surface area (TPSA) is 124 Å². The summed E-state index contributed by atoms with van der Waals surface area (Å²) in [5.41, 5.74) is 6.61. The van der Waals surface area contributed by atoms with E-state index in [-0.39, 0.29) is 12.5 Å². The van der Waals surface area contributed by atoms with Crippen LogP contribution < -0.4 is 16.0 Å². The minimum atomic E-state index is -0.819. The highest BCUT2D eigenvalue weighted by atomic mass is 16.3. The second kappa shape index (κ2) is 5.93. The zero-order chi connectivity index (χ0) is 19.5. The summed E-state index contributed by atoms with van der Waals surface area (Å²) in [5, 5.41) is 15.0. The number of aliphatic hydroxyl groups excluding tert-OH is 1. The van der Waals surface area contributed by atoms with E-state index < -0.39 is 17.4 Å². The molecule has 2 amide bonds. The van der Waals surface area contributed by atoms with Crippen molar-refractivity contribution >= 4 is 39.4 Å². The maximum absolute atomic E-state index is 12.5. The first-order valence-electron chi connectivity index (χ1n) is 9.42. The van der Waals surface area contributed by atoms with E-state index in [1.54, 1.807) is 0 Å². The Morgan fingerprint density at radius 2 is 2.18 bits per heavy atom. The fraction of sp³-hybridized carbons (Fsp3) is 0.350. The zero-order valence-corrected chi connectivity index (χ0v) is 15.2. The van der Waals surface area contributed by atoms with Gasteiger partial charge in [-0.3, -0.25) is 9.59 Å². The van der Waals surface area contributed by atoms with Crippen molar-refractivity contribution in [2.24, 2.45) is 11.1 Å². The molecule has 1 spiro atoms. The van der Waals surface area contributed by atoms with E-state index in [9.17, 15) is 14.7 Å². The highest BCUT2D eigenvalue weighted by molar-refractivity contribution is 6.18. The van der Waals surface area contributed by atoms with Crippen LogP contribution in [0.1, 0.15) is 23.2 Å². The van der Waals surface area contributed by atoms with Gasteiger partial charge in [-0.15, -0.1) is 0 Å². The number of para-hydroxylation sites is 1. The molecule has 0 radical (unpaired) electrons. The normalized spacial score (nSPS) is 25.0. The van der Waals surface area contributed by atoms with Crippen LogP contribution in [0.2, 0.25) is 0 Å². The van der Waals surface area contributed by atoms with E-state index in [2.05, 4.69) is 15.3 Å². The molecule has 0 saturated carbocycles. The number of carbonyl (C=O) groups excluding carboxylic acids is 2. The van der Waals surface area contributed by atoms with E-state index in [0.29, 0.717) is 29.9 Å². The number of piperidine rings is 1. The number of benzene rings is 1. The van der Waals surface area contributed by atoms with Gasteiger partial charge in [0.15, 0.2) is 0 Å². The number of H-pyrrole nitrogens is 1. The number of β-amino-alcohol motifs (C(OH)–C–C–N with tert-alkyl or cyclic N) is 1. The third-order valence-corrected chi connectivity index (χ3v) is 6.15. The highest BCUT2D eigenvalue weighted by Crippen LogP contribution is 2.41. The first kappa shape index (κ1) is 17.0. The third-order valence-electron chi connectivity index (χ3n) is 6.15. The van der Waals surface area contributed by atoms with Crippen LogP contribution in [0.3, 0.4) is 0 Å². The Bertz CT molecular complexity index is 1120. The van der Waals surface area contributed by atoms with E-state index in [4.69, 9.17) is 5.73 Å². The number of pyridine rings is 1. The van der Waals surface area contributed by atoms with E-state index in [0.717, 1.165) is 29.3 Å². The summed E-state index contributed by atoms with van der Waals surface area (Å²) in [5.74, 6) is 0.0494. The van der Waals surface area contributed by atoms with Gasteiger partial charge in [0.1, 0.15) is 5.82 Å². The van der Waals surface area contributed by atoms with Crippen LogP contribution in [0.25, 0.3) is 21.8 Å². The molecule has 2 aliphatic rings. The molecular weight excluding hydrogens is 358 g/mol. The zero-order valence-electron chi connectivity index (χ0n) is 15.2. The molecule has 8 heteroatoms. The van der Waals surface area contributed by atoms with Crippen molar-refractivity contribution in [3.8, 4) is 0 Å². The molecule has 5 N–H and O–H groups in total. The Hall–Kier alpha value is -3.13. The van der Waals surface area contributed by atoms with Gasteiger partial charge in [0.05, 0.1) is 28.0 Å². The van der Waals surface area contributed by atoms with Gasteiger partial charge in [0, 0.05) is 36.7 Å². The van der Waals surface area contributed by atoms with Crippen LogP contribution in [-0.4, -0.2) is 52.6 Å². The molecule has 2 saturated heterocycles. The van der Waals surface area contributed by atoms with Crippen molar-refractivity contribution in [1.82, 2.24) is 15.3 Å².